The molecule has 4 heteroatoms. The highest BCUT2D eigenvalue weighted by Gasteiger charge is 2.12. The summed E-state index contributed by atoms with van der Waals surface area (Å²) in [5, 5.41) is 8.48. The van der Waals surface area contributed by atoms with E-state index in [4.69, 9.17) is 9.84 Å². The molecule has 0 aromatic heterocycles. The summed E-state index contributed by atoms with van der Waals surface area (Å²) >= 11 is 0. The molecule has 0 heterocycles. The van der Waals surface area contributed by atoms with E-state index in [9.17, 15) is 9.59 Å². The van der Waals surface area contributed by atoms with Gasteiger partial charge >= 0.3 is 11.9 Å². The van der Waals surface area contributed by atoms with Crippen molar-refractivity contribution in [1.29, 1.82) is 0 Å². The Labute approximate surface area is 84.3 Å². The van der Waals surface area contributed by atoms with Crippen molar-refractivity contribution < 1.29 is 19.4 Å². The molecule has 4 nitrogen and oxygen atoms in total. The van der Waals surface area contributed by atoms with Gasteiger partial charge in [-0.25, -0.2) is 0 Å². The smallest absolute Gasteiger partial charge is 0.303 e. The van der Waals surface area contributed by atoms with E-state index in [1.54, 1.807) is 0 Å². The molecule has 0 radical (unpaired) electrons. The summed E-state index contributed by atoms with van der Waals surface area (Å²) in [4.78, 5) is 21.0. The molecule has 0 aliphatic carbocycles. The maximum absolute atomic E-state index is 10.7. The third kappa shape index (κ3) is 7.58. The molecule has 1 atom stereocenters. The molecule has 14 heavy (non-hydrogen) atoms. The lowest BCUT2D eigenvalue weighted by atomic mass is 10.1. The summed E-state index contributed by atoms with van der Waals surface area (Å²) in [5.74, 6) is -1.19. The lowest BCUT2D eigenvalue weighted by molar-refractivity contribution is -0.149. The zero-order valence-corrected chi connectivity index (χ0v) is 8.78. The monoisotopic (exact) mass is 202 g/mol. The third-order valence-electron chi connectivity index (χ3n) is 1.89. The minimum Gasteiger partial charge on any atom is -0.481 e. The Balaban J connectivity index is 3.83. The predicted molar refractivity (Wildman–Crippen MR) is 51.9 cm³/mol. The fraction of sp³-hybridized carbons (Fsp3) is 0.800. The topological polar surface area (TPSA) is 63.6 Å². The van der Waals surface area contributed by atoms with E-state index in [-0.39, 0.29) is 18.5 Å². The fourth-order valence-electron chi connectivity index (χ4n) is 1.21. The van der Waals surface area contributed by atoms with Crippen LogP contribution < -0.4 is 0 Å². The first-order chi connectivity index (χ1) is 6.56. The molecule has 0 bridgehead atoms. The van der Waals surface area contributed by atoms with Gasteiger partial charge in [0.1, 0.15) is 6.10 Å². The minimum absolute atomic E-state index is 0.0572. The van der Waals surface area contributed by atoms with Gasteiger partial charge in [-0.2, -0.15) is 0 Å². The third-order valence-corrected chi connectivity index (χ3v) is 1.89. The summed E-state index contributed by atoms with van der Waals surface area (Å²) in [7, 11) is 0. The first kappa shape index (κ1) is 12.9. The average Bonchev–Trinajstić information content (AvgIpc) is 2.09. The summed E-state index contributed by atoms with van der Waals surface area (Å²) in [6, 6.07) is 0. The molecule has 0 fully saturated rings. The first-order valence-corrected chi connectivity index (χ1v) is 4.95. The van der Waals surface area contributed by atoms with Gasteiger partial charge in [0.15, 0.2) is 0 Å². The number of carboxylic acid groups (broad SMARTS) is 1. The Hall–Kier alpha value is -1.06. The zero-order chi connectivity index (χ0) is 11.0. The van der Waals surface area contributed by atoms with Crippen LogP contribution in [0.3, 0.4) is 0 Å². The highest BCUT2D eigenvalue weighted by Crippen LogP contribution is 2.11. The number of esters is 1. The maximum Gasteiger partial charge on any atom is 0.303 e. The second kappa shape index (κ2) is 7.35. The number of carbonyl (C=O) groups excluding carboxylic acids is 1. The number of hydrogen-bond acceptors (Lipinski definition) is 3. The standard InChI is InChI=1S/C10H18O4/c1-3-4-5-9(14-8(2)11)6-7-10(12)13/h9H,3-7H2,1-2H3,(H,12,13). The van der Waals surface area contributed by atoms with Gasteiger partial charge in [0.25, 0.3) is 0 Å². The van der Waals surface area contributed by atoms with Gasteiger partial charge in [-0.1, -0.05) is 19.8 Å². The number of aliphatic carboxylic acids is 1. The van der Waals surface area contributed by atoms with Crippen LogP contribution in [-0.2, 0) is 14.3 Å². The number of rotatable bonds is 7. The number of ether oxygens (including phenoxy) is 1. The SMILES string of the molecule is CCCCC(CCC(=O)O)OC(C)=O. The molecule has 0 aromatic carbocycles. The van der Waals surface area contributed by atoms with Crippen LogP contribution in [0.5, 0.6) is 0 Å². The minimum atomic E-state index is -0.848. The number of carboxylic acids is 1. The molecule has 0 saturated carbocycles. The van der Waals surface area contributed by atoms with E-state index in [0.717, 1.165) is 19.3 Å². The van der Waals surface area contributed by atoms with Crippen LogP contribution >= 0.6 is 0 Å². The van der Waals surface area contributed by atoms with Crippen molar-refractivity contribution in [3.8, 4) is 0 Å². The molecule has 0 rings (SSSR count). The van der Waals surface area contributed by atoms with Gasteiger partial charge in [0, 0.05) is 13.3 Å². The summed E-state index contributed by atoms with van der Waals surface area (Å²) in [5.41, 5.74) is 0. The van der Waals surface area contributed by atoms with Crippen LogP contribution in [0.15, 0.2) is 0 Å². The van der Waals surface area contributed by atoms with Crippen molar-refractivity contribution in [3.05, 3.63) is 0 Å². The number of carbonyl (C=O) groups is 2. The van der Waals surface area contributed by atoms with Crippen molar-refractivity contribution in [2.45, 2.75) is 52.1 Å². The lowest BCUT2D eigenvalue weighted by Gasteiger charge is -2.15. The first-order valence-electron chi connectivity index (χ1n) is 4.95. The van der Waals surface area contributed by atoms with Gasteiger partial charge in [0.2, 0.25) is 0 Å². The van der Waals surface area contributed by atoms with Crippen LogP contribution in [0, 0.1) is 0 Å². The Bertz CT molecular complexity index is 189. The van der Waals surface area contributed by atoms with E-state index >= 15 is 0 Å². The lowest BCUT2D eigenvalue weighted by Crippen LogP contribution is -2.17. The second-order valence-electron chi connectivity index (χ2n) is 3.31. The maximum atomic E-state index is 10.7. The number of hydrogen-bond donors (Lipinski definition) is 1. The van der Waals surface area contributed by atoms with Crippen molar-refractivity contribution in [2.75, 3.05) is 0 Å². The molecule has 1 N–H and O–H groups in total. The Morgan fingerprint density at radius 1 is 1.36 bits per heavy atom. The Morgan fingerprint density at radius 3 is 2.43 bits per heavy atom. The molecule has 0 spiro atoms. The molecule has 0 aliphatic heterocycles. The quantitative estimate of drug-likeness (QED) is 0.641. The van der Waals surface area contributed by atoms with Gasteiger partial charge in [-0.3, -0.25) is 9.59 Å². The van der Waals surface area contributed by atoms with Crippen molar-refractivity contribution in [2.24, 2.45) is 0 Å². The normalized spacial score (nSPS) is 12.1. The summed E-state index contributed by atoms with van der Waals surface area (Å²) < 4.78 is 5.00. The van der Waals surface area contributed by atoms with Crippen LogP contribution in [0.2, 0.25) is 0 Å². The van der Waals surface area contributed by atoms with Crippen molar-refractivity contribution in [1.82, 2.24) is 0 Å². The van der Waals surface area contributed by atoms with E-state index < -0.39 is 5.97 Å². The van der Waals surface area contributed by atoms with Gasteiger partial charge in [0.05, 0.1) is 0 Å². The van der Waals surface area contributed by atoms with Gasteiger partial charge in [-0.05, 0) is 12.8 Å². The van der Waals surface area contributed by atoms with Crippen LogP contribution in [0.25, 0.3) is 0 Å². The van der Waals surface area contributed by atoms with Crippen molar-refractivity contribution in [3.63, 3.8) is 0 Å². The van der Waals surface area contributed by atoms with E-state index in [1.165, 1.54) is 6.92 Å². The van der Waals surface area contributed by atoms with Crippen LogP contribution in [0.4, 0.5) is 0 Å². The van der Waals surface area contributed by atoms with Crippen LogP contribution in [-0.4, -0.2) is 23.1 Å². The van der Waals surface area contributed by atoms with E-state index in [1.807, 2.05) is 6.92 Å². The van der Waals surface area contributed by atoms with E-state index in [2.05, 4.69) is 0 Å². The molecular formula is C10H18O4. The molecule has 0 aliphatic rings. The largest absolute Gasteiger partial charge is 0.481 e. The molecule has 82 valence electrons. The fourth-order valence-corrected chi connectivity index (χ4v) is 1.21. The van der Waals surface area contributed by atoms with Gasteiger partial charge in [-0.15, -0.1) is 0 Å². The highest BCUT2D eigenvalue weighted by molar-refractivity contribution is 5.67. The van der Waals surface area contributed by atoms with Crippen molar-refractivity contribution >= 4 is 11.9 Å². The summed E-state index contributed by atoms with van der Waals surface area (Å²) in [6.45, 7) is 3.39. The van der Waals surface area contributed by atoms with Crippen LogP contribution in [0.1, 0.15) is 46.0 Å². The van der Waals surface area contributed by atoms with E-state index in [0.29, 0.717) is 6.42 Å². The molecule has 0 amide bonds. The summed E-state index contributed by atoms with van der Waals surface area (Å²) in [6.07, 6.45) is 2.96. The number of unbranched alkanes of at least 4 members (excludes halogenated alkanes) is 1. The highest BCUT2D eigenvalue weighted by atomic mass is 16.5. The molecule has 1 unspecified atom stereocenters. The second-order valence-corrected chi connectivity index (χ2v) is 3.31. The molecular weight excluding hydrogens is 184 g/mol. The molecule has 0 aromatic rings. The molecule has 0 saturated heterocycles. The van der Waals surface area contributed by atoms with Gasteiger partial charge < -0.3 is 9.84 Å². The average molecular weight is 202 g/mol. The predicted octanol–water partition coefficient (Wildman–Crippen LogP) is 1.97. The Kier molecular flexibility index (Phi) is 6.80. The zero-order valence-electron chi connectivity index (χ0n) is 8.78. The Morgan fingerprint density at radius 2 is 2.00 bits per heavy atom.